The minimum Gasteiger partial charge on any atom is -0.326 e. The Bertz CT molecular complexity index is 570. The highest BCUT2D eigenvalue weighted by molar-refractivity contribution is 5.80. The topological polar surface area (TPSA) is 48.0 Å². The zero-order valence-corrected chi connectivity index (χ0v) is 8.95. The smallest absolute Gasteiger partial charge is 0.255 e. The van der Waals surface area contributed by atoms with Gasteiger partial charge in [0.1, 0.15) is 0 Å². The van der Waals surface area contributed by atoms with Crippen molar-refractivity contribution in [2.24, 2.45) is 12.8 Å². The van der Waals surface area contributed by atoms with Crippen LogP contribution in [0.15, 0.2) is 29.1 Å². The van der Waals surface area contributed by atoms with Crippen LogP contribution < -0.4 is 11.3 Å². The first kappa shape index (κ1) is 9.93. The number of hydrogen-bond donors (Lipinski definition) is 1. The minimum absolute atomic E-state index is 0.00569. The highest BCUT2D eigenvalue weighted by Crippen LogP contribution is 2.14. The van der Waals surface area contributed by atoms with Crippen LogP contribution in [-0.4, -0.2) is 4.57 Å². The fourth-order valence-electron chi connectivity index (χ4n) is 1.82. The molecule has 0 bridgehead atoms. The van der Waals surface area contributed by atoms with Crippen LogP contribution in [0.1, 0.15) is 11.1 Å². The van der Waals surface area contributed by atoms with Gasteiger partial charge in [-0.1, -0.05) is 11.6 Å². The number of fused-ring (bicyclic) bond motifs is 1. The number of rotatable bonds is 1. The maximum Gasteiger partial charge on any atom is 0.255 e. The fourth-order valence-corrected chi connectivity index (χ4v) is 1.82. The van der Waals surface area contributed by atoms with Gasteiger partial charge in [0.05, 0.1) is 5.52 Å². The van der Waals surface area contributed by atoms with Crippen molar-refractivity contribution in [2.75, 3.05) is 0 Å². The molecule has 78 valence electrons. The number of aromatic nitrogens is 1. The highest BCUT2D eigenvalue weighted by atomic mass is 16.1. The van der Waals surface area contributed by atoms with Gasteiger partial charge in [-0.3, -0.25) is 4.79 Å². The van der Waals surface area contributed by atoms with Crippen LogP contribution in [0.3, 0.4) is 0 Å². The number of nitrogens with two attached hydrogens (primary N) is 1. The summed E-state index contributed by atoms with van der Waals surface area (Å²) in [6, 6.07) is 7.91. The van der Waals surface area contributed by atoms with Crippen molar-refractivity contribution in [3.05, 3.63) is 45.7 Å². The number of benzene rings is 1. The maximum atomic E-state index is 11.8. The Morgan fingerprint density at radius 3 is 2.73 bits per heavy atom. The first-order chi connectivity index (χ1) is 7.13. The van der Waals surface area contributed by atoms with Gasteiger partial charge in [0.25, 0.3) is 5.56 Å². The Balaban J connectivity index is 2.91. The zero-order valence-electron chi connectivity index (χ0n) is 8.95. The summed E-state index contributed by atoms with van der Waals surface area (Å²) < 4.78 is 1.65. The molecule has 2 N–H and O–H groups in total. The average molecular weight is 202 g/mol. The van der Waals surface area contributed by atoms with E-state index in [9.17, 15) is 4.79 Å². The predicted molar refractivity (Wildman–Crippen MR) is 61.8 cm³/mol. The summed E-state index contributed by atoms with van der Waals surface area (Å²) in [5, 5.41) is 1.07. The molecule has 0 aliphatic carbocycles. The maximum absolute atomic E-state index is 11.8. The van der Waals surface area contributed by atoms with E-state index in [4.69, 9.17) is 5.73 Å². The summed E-state index contributed by atoms with van der Waals surface area (Å²) in [4.78, 5) is 11.8. The number of nitrogens with zero attached hydrogens (tertiary/aromatic N) is 1. The normalized spacial score (nSPS) is 10.9. The number of aryl methyl sites for hydroxylation is 2. The molecule has 0 spiro atoms. The van der Waals surface area contributed by atoms with Crippen molar-refractivity contribution in [1.82, 2.24) is 4.57 Å². The summed E-state index contributed by atoms with van der Waals surface area (Å²) in [5.41, 5.74) is 8.32. The van der Waals surface area contributed by atoms with E-state index in [0.29, 0.717) is 5.56 Å². The molecule has 1 aromatic carbocycles. The second-order valence-electron chi connectivity index (χ2n) is 3.80. The molecular formula is C12H14N2O. The molecule has 0 aliphatic heterocycles. The summed E-state index contributed by atoms with van der Waals surface area (Å²) in [6.45, 7) is 2.32. The van der Waals surface area contributed by atoms with E-state index in [1.807, 2.05) is 25.1 Å². The molecule has 0 radical (unpaired) electrons. The zero-order chi connectivity index (χ0) is 11.0. The van der Waals surface area contributed by atoms with Gasteiger partial charge >= 0.3 is 0 Å². The van der Waals surface area contributed by atoms with Crippen molar-refractivity contribution in [1.29, 1.82) is 0 Å². The Morgan fingerprint density at radius 1 is 1.33 bits per heavy atom. The van der Waals surface area contributed by atoms with E-state index in [2.05, 4.69) is 6.07 Å². The van der Waals surface area contributed by atoms with Gasteiger partial charge in [-0.25, -0.2) is 0 Å². The predicted octanol–water partition coefficient (Wildman–Crippen LogP) is 1.31. The lowest BCUT2D eigenvalue weighted by atomic mass is 10.1. The van der Waals surface area contributed by atoms with Crippen molar-refractivity contribution < 1.29 is 0 Å². The van der Waals surface area contributed by atoms with Gasteiger partial charge in [-0.2, -0.15) is 0 Å². The molecule has 0 unspecified atom stereocenters. The molecular weight excluding hydrogens is 188 g/mol. The minimum atomic E-state index is -0.00569. The second-order valence-corrected chi connectivity index (χ2v) is 3.80. The van der Waals surface area contributed by atoms with Crippen molar-refractivity contribution >= 4 is 10.9 Å². The summed E-state index contributed by atoms with van der Waals surface area (Å²) in [7, 11) is 1.78. The van der Waals surface area contributed by atoms with Crippen LogP contribution in [0.5, 0.6) is 0 Å². The van der Waals surface area contributed by atoms with Gasteiger partial charge < -0.3 is 10.3 Å². The Hall–Kier alpha value is -1.61. The lowest BCUT2D eigenvalue weighted by Gasteiger charge is -2.07. The monoisotopic (exact) mass is 202 g/mol. The third kappa shape index (κ3) is 1.55. The van der Waals surface area contributed by atoms with Crippen molar-refractivity contribution in [2.45, 2.75) is 13.5 Å². The largest absolute Gasteiger partial charge is 0.326 e. The molecule has 2 rings (SSSR count). The molecule has 0 fully saturated rings. The quantitative estimate of drug-likeness (QED) is 0.757. The summed E-state index contributed by atoms with van der Waals surface area (Å²) >= 11 is 0. The number of hydrogen-bond acceptors (Lipinski definition) is 2. The van der Waals surface area contributed by atoms with E-state index in [-0.39, 0.29) is 12.1 Å². The molecule has 0 saturated heterocycles. The van der Waals surface area contributed by atoms with Crippen molar-refractivity contribution in [3.63, 3.8) is 0 Å². The third-order valence-electron chi connectivity index (χ3n) is 2.67. The first-order valence-corrected chi connectivity index (χ1v) is 4.93. The van der Waals surface area contributed by atoms with Crippen molar-refractivity contribution in [3.8, 4) is 0 Å². The van der Waals surface area contributed by atoms with Crippen LogP contribution in [0, 0.1) is 6.92 Å². The lowest BCUT2D eigenvalue weighted by Crippen LogP contribution is -2.23. The van der Waals surface area contributed by atoms with Crippen LogP contribution in [0.4, 0.5) is 0 Å². The van der Waals surface area contributed by atoms with E-state index in [1.165, 1.54) is 5.56 Å². The van der Waals surface area contributed by atoms with Crippen LogP contribution in [0.2, 0.25) is 0 Å². The molecule has 0 aliphatic rings. The summed E-state index contributed by atoms with van der Waals surface area (Å²) in [5.74, 6) is 0. The van der Waals surface area contributed by atoms with Gasteiger partial charge in [0.2, 0.25) is 0 Å². The Kier molecular flexibility index (Phi) is 2.32. The van der Waals surface area contributed by atoms with E-state index in [1.54, 1.807) is 11.6 Å². The van der Waals surface area contributed by atoms with E-state index >= 15 is 0 Å². The molecule has 0 atom stereocenters. The summed E-state index contributed by atoms with van der Waals surface area (Å²) in [6.07, 6.45) is 0. The SMILES string of the molecule is Cc1ccc2c(c1)cc(CN)c(=O)n2C. The molecule has 0 amide bonds. The van der Waals surface area contributed by atoms with Crippen LogP contribution in [0.25, 0.3) is 10.9 Å². The van der Waals surface area contributed by atoms with Crippen LogP contribution in [-0.2, 0) is 13.6 Å². The Morgan fingerprint density at radius 2 is 2.07 bits per heavy atom. The Labute approximate surface area is 88.1 Å². The highest BCUT2D eigenvalue weighted by Gasteiger charge is 2.04. The van der Waals surface area contributed by atoms with E-state index in [0.717, 1.165) is 10.9 Å². The standard InChI is InChI=1S/C12H14N2O/c1-8-3-4-11-9(5-8)6-10(7-13)12(15)14(11)2/h3-6H,7,13H2,1-2H3. The first-order valence-electron chi connectivity index (χ1n) is 4.93. The molecule has 15 heavy (non-hydrogen) atoms. The molecule has 0 saturated carbocycles. The van der Waals surface area contributed by atoms with Crippen LogP contribution >= 0.6 is 0 Å². The molecule has 3 nitrogen and oxygen atoms in total. The van der Waals surface area contributed by atoms with Gasteiger partial charge in [-0.15, -0.1) is 0 Å². The lowest BCUT2D eigenvalue weighted by molar-refractivity contribution is 0.869. The average Bonchev–Trinajstić information content (AvgIpc) is 2.23. The second kappa shape index (κ2) is 3.51. The van der Waals surface area contributed by atoms with Gasteiger partial charge in [0.15, 0.2) is 0 Å². The molecule has 1 aromatic heterocycles. The molecule has 1 heterocycles. The van der Waals surface area contributed by atoms with Gasteiger partial charge in [-0.05, 0) is 30.5 Å². The molecule has 2 aromatic rings. The van der Waals surface area contributed by atoms with E-state index < -0.39 is 0 Å². The fraction of sp³-hybridized carbons (Fsp3) is 0.250. The third-order valence-corrected chi connectivity index (χ3v) is 2.67. The number of pyridine rings is 1. The van der Waals surface area contributed by atoms with Gasteiger partial charge in [0, 0.05) is 19.2 Å². The molecule has 3 heteroatoms.